The van der Waals surface area contributed by atoms with Crippen LogP contribution in [0.25, 0.3) is 10.9 Å². The van der Waals surface area contributed by atoms with Crippen molar-refractivity contribution in [1.82, 2.24) is 4.98 Å². The van der Waals surface area contributed by atoms with E-state index in [1.165, 1.54) is 0 Å². The first-order chi connectivity index (χ1) is 8.17. The summed E-state index contributed by atoms with van der Waals surface area (Å²) in [6, 6.07) is 5.68. The van der Waals surface area contributed by atoms with Gasteiger partial charge in [-0.25, -0.2) is 0 Å². The maximum absolute atomic E-state index is 6.18. The molecule has 17 heavy (non-hydrogen) atoms. The van der Waals surface area contributed by atoms with Crippen LogP contribution in [0.15, 0.2) is 18.2 Å². The molecule has 0 fully saturated rings. The largest absolute Gasteiger partial charge is 0.496 e. The Hall–Kier alpha value is -1.48. The Balaban J connectivity index is 2.82. The molecule has 0 radical (unpaired) electrons. The van der Waals surface area contributed by atoms with E-state index in [0.29, 0.717) is 5.02 Å². The molecule has 0 aliphatic carbocycles. The van der Waals surface area contributed by atoms with Crippen LogP contribution < -0.4 is 10.1 Å². The highest BCUT2D eigenvalue weighted by Gasteiger charge is 2.11. The summed E-state index contributed by atoms with van der Waals surface area (Å²) in [6.45, 7) is 4.85. The topological polar surface area (TPSA) is 34.2 Å². The van der Waals surface area contributed by atoms with Gasteiger partial charge in [0, 0.05) is 17.9 Å². The number of rotatable bonds is 3. The molecule has 1 aromatic carbocycles. The Labute approximate surface area is 106 Å². The maximum atomic E-state index is 6.18. The molecule has 1 N–H and O–H groups in total. The minimum Gasteiger partial charge on any atom is -0.496 e. The molecule has 0 aliphatic heterocycles. The first-order valence-electron chi connectivity index (χ1n) is 5.55. The fourth-order valence-corrected chi connectivity index (χ4v) is 2.11. The summed E-state index contributed by atoms with van der Waals surface area (Å²) >= 11 is 6.18. The van der Waals surface area contributed by atoms with Gasteiger partial charge in [-0.1, -0.05) is 11.6 Å². The Bertz CT molecular complexity index is 555. The summed E-state index contributed by atoms with van der Waals surface area (Å²) in [5, 5.41) is 4.89. The number of fused-ring (bicyclic) bond motifs is 1. The molecule has 0 bridgehead atoms. The van der Waals surface area contributed by atoms with E-state index in [0.717, 1.165) is 34.6 Å². The molecule has 3 nitrogen and oxygen atoms in total. The quantitative estimate of drug-likeness (QED) is 0.903. The summed E-state index contributed by atoms with van der Waals surface area (Å²) < 4.78 is 5.37. The van der Waals surface area contributed by atoms with E-state index >= 15 is 0 Å². The average Bonchev–Trinajstić information content (AvgIpc) is 2.31. The van der Waals surface area contributed by atoms with Crippen molar-refractivity contribution in [1.29, 1.82) is 0 Å². The number of halogens is 1. The number of ether oxygens (including phenoxy) is 1. The van der Waals surface area contributed by atoms with E-state index in [9.17, 15) is 0 Å². The number of aromatic nitrogens is 1. The number of hydrogen-bond acceptors (Lipinski definition) is 3. The minimum absolute atomic E-state index is 0.642. The molecule has 4 heteroatoms. The first-order valence-corrected chi connectivity index (χ1v) is 5.93. The Morgan fingerprint density at radius 1 is 1.41 bits per heavy atom. The third-order valence-electron chi connectivity index (χ3n) is 2.59. The smallest absolute Gasteiger partial charge is 0.130 e. The summed E-state index contributed by atoms with van der Waals surface area (Å²) in [7, 11) is 1.65. The summed E-state index contributed by atoms with van der Waals surface area (Å²) in [4.78, 5) is 4.47. The second kappa shape index (κ2) is 4.80. The van der Waals surface area contributed by atoms with Gasteiger partial charge >= 0.3 is 0 Å². The summed E-state index contributed by atoms with van der Waals surface area (Å²) in [6.07, 6.45) is 0. The van der Waals surface area contributed by atoms with Gasteiger partial charge in [0.05, 0.1) is 23.0 Å². The number of methoxy groups -OCH3 is 1. The molecular weight excluding hydrogens is 236 g/mol. The molecule has 0 aliphatic rings. The van der Waals surface area contributed by atoms with Crippen LogP contribution in [0, 0.1) is 6.92 Å². The molecule has 0 saturated carbocycles. The highest BCUT2D eigenvalue weighted by molar-refractivity contribution is 6.35. The van der Waals surface area contributed by atoms with Gasteiger partial charge < -0.3 is 10.1 Å². The monoisotopic (exact) mass is 250 g/mol. The molecule has 1 aromatic heterocycles. The van der Waals surface area contributed by atoms with Crippen LogP contribution in [-0.2, 0) is 0 Å². The SMILES string of the molecule is CCNc1cc(C)nc2c(Cl)ccc(OC)c12. The van der Waals surface area contributed by atoms with Crippen LogP contribution in [0.4, 0.5) is 5.69 Å². The number of nitrogens with zero attached hydrogens (tertiary/aromatic N) is 1. The highest BCUT2D eigenvalue weighted by atomic mass is 35.5. The lowest BCUT2D eigenvalue weighted by Gasteiger charge is -2.13. The maximum Gasteiger partial charge on any atom is 0.130 e. The van der Waals surface area contributed by atoms with Crippen molar-refractivity contribution < 1.29 is 4.74 Å². The zero-order chi connectivity index (χ0) is 12.4. The summed E-state index contributed by atoms with van der Waals surface area (Å²) in [5.74, 6) is 0.785. The standard InChI is InChI=1S/C13H15ClN2O/c1-4-15-10-7-8(2)16-13-9(14)5-6-11(17-3)12(10)13/h5-7H,4H2,1-3H3,(H,15,16). The molecule has 0 atom stereocenters. The van der Waals surface area contributed by atoms with Gasteiger partial charge in [-0.3, -0.25) is 4.98 Å². The molecule has 0 amide bonds. The van der Waals surface area contributed by atoms with Gasteiger partial charge in [-0.15, -0.1) is 0 Å². The fourth-order valence-electron chi connectivity index (χ4n) is 1.91. The van der Waals surface area contributed by atoms with Crippen molar-refractivity contribution in [3.8, 4) is 5.75 Å². The number of benzene rings is 1. The molecule has 1 heterocycles. The molecule has 90 valence electrons. The van der Waals surface area contributed by atoms with Crippen LogP contribution in [0.5, 0.6) is 5.75 Å². The number of nitrogens with one attached hydrogen (secondary N) is 1. The van der Waals surface area contributed by atoms with Crippen LogP contribution in [0.1, 0.15) is 12.6 Å². The average molecular weight is 251 g/mol. The number of hydrogen-bond donors (Lipinski definition) is 1. The third-order valence-corrected chi connectivity index (χ3v) is 2.89. The highest BCUT2D eigenvalue weighted by Crippen LogP contribution is 2.35. The minimum atomic E-state index is 0.642. The van der Waals surface area contributed by atoms with Gasteiger partial charge in [0.15, 0.2) is 0 Å². The van der Waals surface area contributed by atoms with E-state index < -0.39 is 0 Å². The molecule has 0 unspecified atom stereocenters. The van der Waals surface area contributed by atoms with E-state index in [1.54, 1.807) is 7.11 Å². The van der Waals surface area contributed by atoms with Gasteiger partial charge in [0.1, 0.15) is 5.75 Å². The van der Waals surface area contributed by atoms with Crippen molar-refractivity contribution in [3.05, 3.63) is 28.9 Å². The van der Waals surface area contributed by atoms with Crippen molar-refractivity contribution >= 4 is 28.2 Å². The Morgan fingerprint density at radius 2 is 2.18 bits per heavy atom. The molecule has 0 spiro atoms. The predicted octanol–water partition coefficient (Wildman–Crippen LogP) is 3.64. The number of anilines is 1. The van der Waals surface area contributed by atoms with Crippen LogP contribution >= 0.6 is 11.6 Å². The number of aryl methyl sites for hydroxylation is 1. The van der Waals surface area contributed by atoms with Crippen molar-refractivity contribution in [2.75, 3.05) is 19.0 Å². The lowest BCUT2D eigenvalue weighted by atomic mass is 10.1. The Morgan fingerprint density at radius 3 is 2.82 bits per heavy atom. The fraction of sp³-hybridized carbons (Fsp3) is 0.308. The zero-order valence-electron chi connectivity index (χ0n) is 10.2. The molecule has 2 aromatic rings. The molecular formula is C13H15ClN2O. The lowest BCUT2D eigenvalue weighted by molar-refractivity contribution is 0.420. The summed E-state index contributed by atoms with van der Waals surface area (Å²) in [5.41, 5.74) is 2.72. The van der Waals surface area contributed by atoms with E-state index in [-0.39, 0.29) is 0 Å². The van der Waals surface area contributed by atoms with Gasteiger partial charge in [-0.2, -0.15) is 0 Å². The van der Waals surface area contributed by atoms with Crippen molar-refractivity contribution in [2.24, 2.45) is 0 Å². The van der Waals surface area contributed by atoms with E-state index in [1.807, 2.05) is 25.1 Å². The normalized spacial score (nSPS) is 10.6. The number of pyridine rings is 1. The van der Waals surface area contributed by atoms with Gasteiger partial charge in [0.25, 0.3) is 0 Å². The van der Waals surface area contributed by atoms with Crippen LogP contribution in [0.2, 0.25) is 5.02 Å². The molecule has 2 rings (SSSR count). The van der Waals surface area contributed by atoms with Crippen LogP contribution in [-0.4, -0.2) is 18.6 Å². The second-order valence-electron chi connectivity index (χ2n) is 3.81. The second-order valence-corrected chi connectivity index (χ2v) is 4.22. The van der Waals surface area contributed by atoms with Gasteiger partial charge in [-0.05, 0) is 32.0 Å². The van der Waals surface area contributed by atoms with Crippen molar-refractivity contribution in [3.63, 3.8) is 0 Å². The molecule has 0 saturated heterocycles. The van der Waals surface area contributed by atoms with Gasteiger partial charge in [0.2, 0.25) is 0 Å². The predicted molar refractivity (Wildman–Crippen MR) is 72.2 cm³/mol. The first kappa shape index (κ1) is 12.0. The lowest BCUT2D eigenvalue weighted by Crippen LogP contribution is -2.00. The third kappa shape index (κ3) is 2.15. The van der Waals surface area contributed by atoms with Crippen molar-refractivity contribution in [2.45, 2.75) is 13.8 Å². The Kier molecular flexibility index (Phi) is 3.38. The van der Waals surface area contributed by atoms with E-state index in [2.05, 4.69) is 17.2 Å². The van der Waals surface area contributed by atoms with E-state index in [4.69, 9.17) is 16.3 Å². The van der Waals surface area contributed by atoms with Crippen LogP contribution in [0.3, 0.4) is 0 Å². The zero-order valence-corrected chi connectivity index (χ0v) is 10.9.